The minimum atomic E-state index is 0.255. The van der Waals surface area contributed by atoms with Crippen molar-refractivity contribution in [3.8, 4) is 0 Å². The minimum absolute atomic E-state index is 0.255. The molecule has 1 aliphatic rings. The van der Waals surface area contributed by atoms with Crippen molar-refractivity contribution in [2.24, 2.45) is 0 Å². The molecule has 0 saturated carbocycles. The van der Waals surface area contributed by atoms with Crippen molar-refractivity contribution in [3.63, 3.8) is 0 Å². The largest absolute Gasteiger partial charge is 0.370 e. The summed E-state index contributed by atoms with van der Waals surface area (Å²) in [5.41, 5.74) is 1.49. The normalized spacial score (nSPS) is 23.4. The summed E-state index contributed by atoms with van der Waals surface area (Å²) < 4.78 is 0. The van der Waals surface area contributed by atoms with Gasteiger partial charge in [-0.3, -0.25) is 0 Å². The summed E-state index contributed by atoms with van der Waals surface area (Å²) in [6, 6.07) is 8.61. The lowest BCUT2D eigenvalue weighted by Gasteiger charge is -2.27. The number of likely N-dealkylation sites (N-methyl/N-ethyl adjacent to an activating group) is 1. The highest BCUT2D eigenvalue weighted by Gasteiger charge is 2.32. The Bertz CT molecular complexity index is 359. The lowest BCUT2D eigenvalue weighted by atomic mass is 10.0. The lowest BCUT2D eigenvalue weighted by molar-refractivity contribution is 0.454. The summed E-state index contributed by atoms with van der Waals surface area (Å²) >= 11 is 5.89. The van der Waals surface area contributed by atoms with E-state index < -0.39 is 0 Å². The summed E-state index contributed by atoms with van der Waals surface area (Å²) in [6.45, 7) is 5.55. The molecule has 1 unspecified atom stereocenters. The highest BCUT2D eigenvalue weighted by Crippen LogP contribution is 2.26. The van der Waals surface area contributed by atoms with Crippen molar-refractivity contribution in [2.45, 2.75) is 31.8 Å². The van der Waals surface area contributed by atoms with Crippen LogP contribution in [0.4, 0.5) is 5.69 Å². The molecule has 0 aromatic heterocycles. The molecule has 1 atom stereocenters. The average molecular weight is 239 g/mol. The average Bonchev–Trinajstić information content (AvgIpc) is 2.59. The fourth-order valence-corrected chi connectivity index (χ4v) is 2.41. The maximum absolute atomic E-state index is 5.89. The van der Waals surface area contributed by atoms with E-state index in [0.717, 1.165) is 11.6 Å². The molecule has 3 heteroatoms. The van der Waals surface area contributed by atoms with Crippen molar-refractivity contribution in [1.29, 1.82) is 0 Å². The van der Waals surface area contributed by atoms with Gasteiger partial charge in [0.2, 0.25) is 0 Å². The molecule has 2 rings (SSSR count). The Kier molecular flexibility index (Phi) is 3.13. The van der Waals surface area contributed by atoms with Gasteiger partial charge in [-0.25, -0.2) is 0 Å². The SMILES string of the molecule is CN(c1ccc(Cl)cc1)C1CNC(C)(C)C1. The number of rotatable bonds is 2. The molecule has 0 aliphatic carbocycles. The van der Waals surface area contributed by atoms with Crippen LogP contribution >= 0.6 is 11.6 Å². The van der Waals surface area contributed by atoms with Gasteiger partial charge in [-0.05, 0) is 44.5 Å². The molecule has 16 heavy (non-hydrogen) atoms. The Labute approximate surface area is 103 Å². The van der Waals surface area contributed by atoms with Gasteiger partial charge in [0.05, 0.1) is 0 Å². The molecule has 0 bridgehead atoms. The predicted molar refractivity (Wildman–Crippen MR) is 70.3 cm³/mol. The number of hydrogen-bond donors (Lipinski definition) is 1. The zero-order chi connectivity index (χ0) is 11.8. The maximum Gasteiger partial charge on any atom is 0.0428 e. The number of nitrogens with one attached hydrogen (secondary N) is 1. The van der Waals surface area contributed by atoms with Crippen LogP contribution < -0.4 is 10.2 Å². The molecule has 0 radical (unpaired) electrons. The van der Waals surface area contributed by atoms with Crippen LogP contribution in [0, 0.1) is 0 Å². The fourth-order valence-electron chi connectivity index (χ4n) is 2.29. The van der Waals surface area contributed by atoms with Gasteiger partial charge in [0.1, 0.15) is 0 Å². The first-order valence-corrected chi connectivity index (χ1v) is 6.09. The molecule has 2 nitrogen and oxygen atoms in total. The van der Waals surface area contributed by atoms with Crippen LogP contribution in [0.5, 0.6) is 0 Å². The van der Waals surface area contributed by atoms with Crippen molar-refractivity contribution in [2.75, 3.05) is 18.5 Å². The topological polar surface area (TPSA) is 15.3 Å². The number of benzene rings is 1. The molecule has 1 saturated heterocycles. The van der Waals surface area contributed by atoms with Gasteiger partial charge in [-0.15, -0.1) is 0 Å². The second kappa shape index (κ2) is 4.27. The summed E-state index contributed by atoms with van der Waals surface area (Å²) in [5, 5.41) is 4.33. The van der Waals surface area contributed by atoms with E-state index >= 15 is 0 Å². The second-order valence-corrected chi connectivity index (χ2v) is 5.65. The summed E-state index contributed by atoms with van der Waals surface area (Å²) in [6.07, 6.45) is 1.17. The van der Waals surface area contributed by atoms with E-state index in [9.17, 15) is 0 Å². The third-order valence-corrected chi connectivity index (χ3v) is 3.60. The molecule has 88 valence electrons. The monoisotopic (exact) mass is 238 g/mol. The molecule has 1 aromatic rings. The molecule has 1 fully saturated rings. The standard InChI is InChI=1S/C13H19ClN2/c1-13(2)8-12(9-15-13)16(3)11-6-4-10(14)5-7-11/h4-7,12,15H,8-9H2,1-3H3. The quantitative estimate of drug-likeness (QED) is 0.853. The molecule has 0 spiro atoms. The molecule has 0 amide bonds. The van der Waals surface area contributed by atoms with Gasteiger partial charge in [0.15, 0.2) is 0 Å². The van der Waals surface area contributed by atoms with E-state index in [1.54, 1.807) is 0 Å². The Balaban J connectivity index is 2.08. The smallest absolute Gasteiger partial charge is 0.0428 e. The first-order valence-electron chi connectivity index (χ1n) is 5.71. The Morgan fingerprint density at radius 1 is 1.31 bits per heavy atom. The van der Waals surface area contributed by atoms with Gasteiger partial charge in [-0.2, -0.15) is 0 Å². The first-order chi connectivity index (χ1) is 7.48. The molecule has 1 N–H and O–H groups in total. The molecule has 1 aromatic carbocycles. The van der Waals surface area contributed by atoms with Crippen LogP contribution in [-0.2, 0) is 0 Å². The van der Waals surface area contributed by atoms with Gasteiger partial charge < -0.3 is 10.2 Å². The van der Waals surface area contributed by atoms with Gasteiger partial charge in [0, 0.05) is 35.9 Å². The first kappa shape index (κ1) is 11.7. The lowest BCUT2D eigenvalue weighted by Crippen LogP contribution is -2.33. The summed E-state index contributed by atoms with van der Waals surface area (Å²) in [7, 11) is 2.15. The summed E-state index contributed by atoms with van der Waals surface area (Å²) in [5.74, 6) is 0. The highest BCUT2D eigenvalue weighted by atomic mass is 35.5. The number of hydrogen-bond acceptors (Lipinski definition) is 2. The van der Waals surface area contributed by atoms with Crippen LogP contribution in [0.15, 0.2) is 24.3 Å². The summed E-state index contributed by atoms with van der Waals surface area (Å²) in [4.78, 5) is 2.33. The molecule has 1 aliphatic heterocycles. The van der Waals surface area contributed by atoms with Crippen molar-refractivity contribution < 1.29 is 0 Å². The number of nitrogens with zero attached hydrogens (tertiary/aromatic N) is 1. The van der Waals surface area contributed by atoms with E-state index in [2.05, 4.69) is 43.2 Å². The van der Waals surface area contributed by atoms with Crippen molar-refractivity contribution in [1.82, 2.24) is 5.32 Å². The zero-order valence-electron chi connectivity index (χ0n) is 10.1. The maximum atomic E-state index is 5.89. The molecular formula is C13H19ClN2. The van der Waals surface area contributed by atoms with E-state index in [0.29, 0.717) is 6.04 Å². The van der Waals surface area contributed by atoms with Gasteiger partial charge in [0.25, 0.3) is 0 Å². The van der Waals surface area contributed by atoms with E-state index in [1.165, 1.54) is 12.1 Å². The van der Waals surface area contributed by atoms with Crippen molar-refractivity contribution in [3.05, 3.63) is 29.3 Å². The Morgan fingerprint density at radius 2 is 1.94 bits per heavy atom. The zero-order valence-corrected chi connectivity index (χ0v) is 10.9. The van der Waals surface area contributed by atoms with Gasteiger partial charge in [-0.1, -0.05) is 11.6 Å². The van der Waals surface area contributed by atoms with Crippen LogP contribution in [-0.4, -0.2) is 25.2 Å². The Morgan fingerprint density at radius 3 is 2.44 bits per heavy atom. The number of halogens is 1. The van der Waals surface area contributed by atoms with Crippen LogP contribution in [0.3, 0.4) is 0 Å². The third-order valence-electron chi connectivity index (χ3n) is 3.34. The van der Waals surface area contributed by atoms with Crippen LogP contribution in [0.25, 0.3) is 0 Å². The second-order valence-electron chi connectivity index (χ2n) is 5.21. The Hall–Kier alpha value is -0.730. The highest BCUT2D eigenvalue weighted by molar-refractivity contribution is 6.30. The molecule has 1 heterocycles. The van der Waals surface area contributed by atoms with Gasteiger partial charge >= 0.3 is 0 Å². The number of anilines is 1. The third kappa shape index (κ3) is 2.50. The predicted octanol–water partition coefficient (Wildman–Crippen LogP) is 2.92. The van der Waals surface area contributed by atoms with E-state index in [4.69, 9.17) is 11.6 Å². The molecular weight excluding hydrogens is 220 g/mol. The van der Waals surface area contributed by atoms with E-state index in [-0.39, 0.29) is 5.54 Å². The van der Waals surface area contributed by atoms with Crippen LogP contribution in [0.1, 0.15) is 20.3 Å². The van der Waals surface area contributed by atoms with Crippen LogP contribution in [0.2, 0.25) is 5.02 Å². The minimum Gasteiger partial charge on any atom is -0.370 e. The van der Waals surface area contributed by atoms with Crippen molar-refractivity contribution >= 4 is 17.3 Å². The van der Waals surface area contributed by atoms with E-state index in [1.807, 2.05) is 12.1 Å². The fraction of sp³-hybridized carbons (Fsp3) is 0.538.